The number of para-hydroxylation sites is 1. The van der Waals surface area contributed by atoms with Gasteiger partial charge in [0.1, 0.15) is 5.75 Å². The Kier molecular flexibility index (Phi) is 3.25. The van der Waals surface area contributed by atoms with Crippen molar-refractivity contribution in [3.8, 4) is 5.75 Å². The Morgan fingerprint density at radius 1 is 1.50 bits per heavy atom. The molecule has 0 saturated heterocycles. The molecule has 1 aromatic carbocycles. The van der Waals surface area contributed by atoms with Gasteiger partial charge in [0.05, 0.1) is 18.3 Å². The number of rotatable bonds is 4. The molecule has 0 bridgehead atoms. The molecule has 1 atom stereocenters. The van der Waals surface area contributed by atoms with E-state index >= 15 is 0 Å². The Balaban J connectivity index is 2.73. The first-order chi connectivity index (χ1) is 8.60. The van der Waals surface area contributed by atoms with Crippen molar-refractivity contribution in [3.05, 3.63) is 30.0 Å². The highest BCUT2D eigenvalue weighted by atomic mass is 16.5. The molecule has 0 aliphatic rings. The highest BCUT2D eigenvalue weighted by Gasteiger charge is 2.22. The van der Waals surface area contributed by atoms with Crippen LogP contribution in [-0.4, -0.2) is 27.9 Å². The van der Waals surface area contributed by atoms with Gasteiger partial charge in [0.15, 0.2) is 6.10 Å². The summed E-state index contributed by atoms with van der Waals surface area (Å²) in [6, 6.07) is 7.19. The molecule has 0 saturated carbocycles. The number of ether oxygens (including phenoxy) is 1. The fourth-order valence-corrected chi connectivity index (χ4v) is 2.17. The Hall–Kier alpha value is -2.01. The van der Waals surface area contributed by atoms with Crippen LogP contribution in [0.15, 0.2) is 24.3 Å². The van der Waals surface area contributed by atoms with E-state index in [1.54, 1.807) is 17.7 Å². The largest absolute Gasteiger partial charge is 0.495 e. The number of benzene rings is 1. The van der Waals surface area contributed by atoms with E-state index in [4.69, 9.17) is 9.84 Å². The van der Waals surface area contributed by atoms with Gasteiger partial charge in [-0.2, -0.15) is 0 Å². The van der Waals surface area contributed by atoms with Crippen molar-refractivity contribution in [2.24, 2.45) is 0 Å². The second-order valence-electron chi connectivity index (χ2n) is 3.95. The van der Waals surface area contributed by atoms with Crippen LogP contribution in [-0.2, 0) is 11.3 Å². The molecule has 96 valence electrons. The maximum Gasteiger partial charge on any atom is 0.338 e. The van der Waals surface area contributed by atoms with E-state index in [2.05, 4.69) is 0 Å². The molecule has 5 heteroatoms. The second kappa shape index (κ2) is 4.70. The van der Waals surface area contributed by atoms with Crippen LogP contribution < -0.4 is 4.74 Å². The van der Waals surface area contributed by atoms with Crippen LogP contribution in [0.2, 0.25) is 0 Å². The number of carboxylic acids is 1. The summed E-state index contributed by atoms with van der Waals surface area (Å²) in [5.74, 6) is -0.593. The van der Waals surface area contributed by atoms with E-state index in [1.807, 2.05) is 25.1 Å². The van der Waals surface area contributed by atoms with E-state index in [0.29, 0.717) is 18.0 Å². The first-order valence-electron chi connectivity index (χ1n) is 5.67. The molecular formula is C13H15NO4. The number of fused-ring (bicyclic) bond motifs is 1. The number of hydrogen-bond donors (Lipinski definition) is 2. The molecule has 18 heavy (non-hydrogen) atoms. The number of aryl methyl sites for hydroxylation is 1. The lowest BCUT2D eigenvalue weighted by Gasteiger charge is -2.12. The standard InChI is InChI=1S/C13H15NO4/c1-3-14-9(12(15)13(16)17)7-8-5-4-6-10(18-2)11(8)14/h4-7,12,15H,3H2,1-2H3,(H,16,17). The molecule has 2 aromatic rings. The van der Waals surface area contributed by atoms with Crippen LogP contribution in [0, 0.1) is 0 Å². The Bertz CT molecular complexity index is 588. The second-order valence-corrected chi connectivity index (χ2v) is 3.95. The van der Waals surface area contributed by atoms with Crippen molar-refractivity contribution in [2.45, 2.75) is 19.6 Å². The fourth-order valence-electron chi connectivity index (χ4n) is 2.17. The third kappa shape index (κ3) is 1.82. The molecule has 5 nitrogen and oxygen atoms in total. The van der Waals surface area contributed by atoms with Crippen LogP contribution in [0.1, 0.15) is 18.7 Å². The van der Waals surface area contributed by atoms with Gasteiger partial charge < -0.3 is 19.5 Å². The molecule has 1 aromatic heterocycles. The van der Waals surface area contributed by atoms with E-state index in [9.17, 15) is 9.90 Å². The van der Waals surface area contributed by atoms with E-state index in [0.717, 1.165) is 10.9 Å². The lowest BCUT2D eigenvalue weighted by Crippen LogP contribution is -2.15. The summed E-state index contributed by atoms with van der Waals surface area (Å²) in [5.41, 5.74) is 1.17. The monoisotopic (exact) mass is 249 g/mol. The topological polar surface area (TPSA) is 71.7 Å². The minimum absolute atomic E-state index is 0.365. The molecule has 2 rings (SSSR count). The summed E-state index contributed by atoms with van der Waals surface area (Å²) in [6.45, 7) is 2.45. The number of carbonyl (C=O) groups is 1. The Labute approximate surface area is 104 Å². The summed E-state index contributed by atoms with van der Waals surface area (Å²) >= 11 is 0. The zero-order valence-corrected chi connectivity index (χ0v) is 10.3. The van der Waals surface area contributed by atoms with Gasteiger partial charge in [-0.05, 0) is 19.1 Å². The molecule has 0 amide bonds. The molecule has 0 radical (unpaired) electrons. The molecule has 0 aliphatic heterocycles. The van der Waals surface area contributed by atoms with Crippen LogP contribution in [0.25, 0.3) is 10.9 Å². The minimum atomic E-state index is -1.53. The summed E-state index contributed by atoms with van der Waals surface area (Å²) in [4.78, 5) is 10.9. The average molecular weight is 249 g/mol. The number of nitrogens with zero attached hydrogens (tertiary/aromatic N) is 1. The smallest absolute Gasteiger partial charge is 0.338 e. The molecular weight excluding hydrogens is 234 g/mol. The first-order valence-corrected chi connectivity index (χ1v) is 5.67. The van der Waals surface area contributed by atoms with Gasteiger partial charge in [-0.25, -0.2) is 4.79 Å². The van der Waals surface area contributed by atoms with Crippen LogP contribution >= 0.6 is 0 Å². The van der Waals surface area contributed by atoms with Crippen molar-refractivity contribution in [2.75, 3.05) is 7.11 Å². The summed E-state index contributed by atoms with van der Waals surface area (Å²) < 4.78 is 7.03. The maximum atomic E-state index is 10.9. The number of aromatic nitrogens is 1. The number of aliphatic hydroxyl groups is 1. The normalized spacial score (nSPS) is 12.6. The highest BCUT2D eigenvalue weighted by Crippen LogP contribution is 2.31. The zero-order valence-electron chi connectivity index (χ0n) is 10.3. The van der Waals surface area contributed by atoms with E-state index in [1.165, 1.54) is 0 Å². The van der Waals surface area contributed by atoms with Crippen molar-refractivity contribution in [3.63, 3.8) is 0 Å². The number of methoxy groups -OCH3 is 1. The first kappa shape index (κ1) is 12.4. The van der Waals surface area contributed by atoms with Gasteiger partial charge in [-0.15, -0.1) is 0 Å². The number of aliphatic carboxylic acids is 1. The van der Waals surface area contributed by atoms with Crippen molar-refractivity contribution in [1.29, 1.82) is 0 Å². The fraction of sp³-hybridized carbons (Fsp3) is 0.308. The maximum absolute atomic E-state index is 10.9. The number of hydrogen-bond acceptors (Lipinski definition) is 3. The summed E-state index contributed by atoms with van der Waals surface area (Å²) in [7, 11) is 1.56. The van der Waals surface area contributed by atoms with E-state index in [-0.39, 0.29) is 0 Å². The minimum Gasteiger partial charge on any atom is -0.495 e. The van der Waals surface area contributed by atoms with Crippen molar-refractivity contribution in [1.82, 2.24) is 4.57 Å². The highest BCUT2D eigenvalue weighted by molar-refractivity contribution is 5.88. The Morgan fingerprint density at radius 3 is 2.78 bits per heavy atom. The van der Waals surface area contributed by atoms with Gasteiger partial charge in [-0.3, -0.25) is 0 Å². The Morgan fingerprint density at radius 2 is 2.22 bits per heavy atom. The lowest BCUT2D eigenvalue weighted by atomic mass is 10.2. The quantitative estimate of drug-likeness (QED) is 0.866. The molecule has 0 fully saturated rings. The van der Waals surface area contributed by atoms with E-state index < -0.39 is 12.1 Å². The summed E-state index contributed by atoms with van der Waals surface area (Å²) in [5, 5.41) is 19.5. The van der Waals surface area contributed by atoms with Gasteiger partial charge in [0, 0.05) is 11.9 Å². The van der Waals surface area contributed by atoms with Gasteiger partial charge in [0.25, 0.3) is 0 Å². The molecule has 0 spiro atoms. The predicted molar refractivity (Wildman–Crippen MR) is 66.8 cm³/mol. The van der Waals surface area contributed by atoms with Gasteiger partial charge >= 0.3 is 5.97 Å². The van der Waals surface area contributed by atoms with Crippen LogP contribution in [0.4, 0.5) is 0 Å². The zero-order chi connectivity index (χ0) is 13.3. The number of aliphatic hydroxyl groups excluding tert-OH is 1. The summed E-state index contributed by atoms with van der Waals surface area (Å²) in [6.07, 6.45) is -1.53. The van der Waals surface area contributed by atoms with Crippen LogP contribution in [0.3, 0.4) is 0 Å². The molecule has 2 N–H and O–H groups in total. The SMILES string of the molecule is CCn1c(C(O)C(=O)O)cc2cccc(OC)c21. The van der Waals surface area contributed by atoms with Crippen molar-refractivity contribution >= 4 is 16.9 Å². The third-order valence-electron chi connectivity index (χ3n) is 2.97. The van der Waals surface area contributed by atoms with Gasteiger partial charge in [0.2, 0.25) is 0 Å². The van der Waals surface area contributed by atoms with Gasteiger partial charge in [-0.1, -0.05) is 12.1 Å². The molecule has 1 heterocycles. The molecule has 1 unspecified atom stereocenters. The van der Waals surface area contributed by atoms with Crippen LogP contribution in [0.5, 0.6) is 5.75 Å². The predicted octanol–water partition coefficient (Wildman–Crippen LogP) is 1.79. The average Bonchev–Trinajstić information content (AvgIpc) is 2.75. The van der Waals surface area contributed by atoms with Crippen molar-refractivity contribution < 1.29 is 19.7 Å². The lowest BCUT2D eigenvalue weighted by molar-refractivity contribution is -0.147. The number of carboxylic acid groups (broad SMARTS) is 1. The third-order valence-corrected chi connectivity index (χ3v) is 2.97. The molecule has 0 aliphatic carbocycles.